The highest BCUT2D eigenvalue weighted by atomic mass is 35.5. The van der Waals surface area contributed by atoms with Crippen LogP contribution in [-0.2, 0) is 11.4 Å². The number of methoxy groups -OCH3 is 1. The van der Waals surface area contributed by atoms with E-state index in [1.54, 1.807) is 66.7 Å². The third-order valence-electron chi connectivity index (χ3n) is 6.15. The lowest BCUT2D eigenvalue weighted by Crippen LogP contribution is -2.27. The summed E-state index contributed by atoms with van der Waals surface area (Å²) < 4.78 is 25.0. The Balaban J connectivity index is 1.31. The summed E-state index contributed by atoms with van der Waals surface area (Å²) in [6, 6.07) is 22.5. The number of hydrogen-bond donors (Lipinski definition) is 1. The first-order chi connectivity index (χ1) is 20.2. The summed E-state index contributed by atoms with van der Waals surface area (Å²) in [5.41, 5.74) is 2.69. The van der Waals surface area contributed by atoms with Gasteiger partial charge in [0.05, 0.1) is 17.7 Å². The monoisotopic (exact) mass is 638 g/mol. The number of rotatable bonds is 8. The van der Waals surface area contributed by atoms with Crippen LogP contribution in [0.4, 0.5) is 15.8 Å². The highest BCUT2D eigenvalue weighted by Crippen LogP contribution is 2.38. The predicted octanol–water partition coefficient (Wildman–Crippen LogP) is 8.38. The van der Waals surface area contributed by atoms with Crippen molar-refractivity contribution in [1.82, 2.24) is 0 Å². The number of thioether (sulfide) groups is 1. The molecule has 11 heteroatoms. The zero-order valence-corrected chi connectivity index (χ0v) is 25.0. The molecule has 0 saturated carbocycles. The van der Waals surface area contributed by atoms with Crippen molar-refractivity contribution in [3.8, 4) is 11.5 Å². The number of nitrogens with one attached hydrogen (secondary N) is 1. The lowest BCUT2D eigenvalue weighted by atomic mass is 10.1. The summed E-state index contributed by atoms with van der Waals surface area (Å²) >= 11 is 18.9. The molecule has 0 aliphatic carbocycles. The van der Waals surface area contributed by atoms with E-state index in [2.05, 4.69) is 5.32 Å². The zero-order chi connectivity index (χ0) is 29.8. The molecule has 1 aliphatic heterocycles. The van der Waals surface area contributed by atoms with Crippen molar-refractivity contribution < 1.29 is 23.5 Å². The second-order valence-electron chi connectivity index (χ2n) is 8.96. The van der Waals surface area contributed by atoms with Crippen LogP contribution < -0.4 is 19.7 Å². The van der Waals surface area contributed by atoms with Gasteiger partial charge < -0.3 is 14.8 Å². The molecule has 0 spiro atoms. The van der Waals surface area contributed by atoms with Crippen molar-refractivity contribution in [3.63, 3.8) is 0 Å². The fourth-order valence-electron chi connectivity index (χ4n) is 4.05. The van der Waals surface area contributed by atoms with Gasteiger partial charge in [0.2, 0.25) is 0 Å². The summed E-state index contributed by atoms with van der Waals surface area (Å²) in [5.74, 6) is -0.150. The topological polar surface area (TPSA) is 67.9 Å². The van der Waals surface area contributed by atoms with Crippen LogP contribution in [0.2, 0.25) is 10.0 Å². The number of halogens is 3. The van der Waals surface area contributed by atoms with Gasteiger partial charge in [-0.25, -0.2) is 4.39 Å². The van der Waals surface area contributed by atoms with Gasteiger partial charge in [-0.15, -0.1) is 0 Å². The van der Waals surface area contributed by atoms with E-state index in [-0.39, 0.29) is 12.5 Å². The number of carbonyl (C=O) groups excluding carboxylic acids is 2. The molecular formula is C31H21Cl2FN2O4S2. The van der Waals surface area contributed by atoms with E-state index in [0.29, 0.717) is 53.3 Å². The van der Waals surface area contributed by atoms with Gasteiger partial charge in [-0.05, 0) is 78.4 Å². The number of thiocarbonyl (C=S) groups is 1. The van der Waals surface area contributed by atoms with Crippen LogP contribution in [0.5, 0.6) is 11.5 Å². The van der Waals surface area contributed by atoms with E-state index < -0.39 is 11.7 Å². The van der Waals surface area contributed by atoms with Crippen molar-refractivity contribution in [3.05, 3.63) is 122 Å². The zero-order valence-electron chi connectivity index (χ0n) is 21.9. The molecule has 4 aromatic rings. The van der Waals surface area contributed by atoms with E-state index >= 15 is 0 Å². The maximum atomic E-state index is 13.4. The molecule has 0 radical (unpaired) electrons. The number of hydrogen-bond acceptors (Lipinski definition) is 6. The highest BCUT2D eigenvalue weighted by molar-refractivity contribution is 8.27. The van der Waals surface area contributed by atoms with E-state index in [9.17, 15) is 14.0 Å². The minimum Gasteiger partial charge on any atom is -0.493 e. The van der Waals surface area contributed by atoms with Gasteiger partial charge >= 0.3 is 0 Å². The third-order valence-corrected chi connectivity index (χ3v) is 8.04. The molecular weight excluding hydrogens is 618 g/mol. The Morgan fingerprint density at radius 3 is 2.55 bits per heavy atom. The second-order valence-corrected chi connectivity index (χ2v) is 11.5. The van der Waals surface area contributed by atoms with Crippen LogP contribution in [0.25, 0.3) is 6.08 Å². The highest BCUT2D eigenvalue weighted by Gasteiger charge is 2.33. The third kappa shape index (κ3) is 6.77. The number of amides is 2. The summed E-state index contributed by atoms with van der Waals surface area (Å²) in [5, 5.41) is 3.75. The van der Waals surface area contributed by atoms with Crippen molar-refractivity contribution in [2.24, 2.45) is 0 Å². The molecule has 5 rings (SSSR count). The summed E-state index contributed by atoms with van der Waals surface area (Å²) in [4.78, 5) is 28.0. The Kier molecular flexibility index (Phi) is 9.13. The minimum absolute atomic E-state index is 0.214. The SMILES string of the molecule is COc1cc(/C=C2/SC(=S)N(c3cccc(C(=O)Nc4ccc(F)cc4)c3)C2=O)ccc1OCc1ccc(Cl)cc1Cl. The molecule has 6 nitrogen and oxygen atoms in total. The van der Waals surface area contributed by atoms with E-state index in [1.807, 2.05) is 0 Å². The fourth-order valence-corrected chi connectivity index (χ4v) is 5.81. The molecule has 42 heavy (non-hydrogen) atoms. The smallest absolute Gasteiger partial charge is 0.270 e. The molecule has 212 valence electrons. The number of nitrogens with zero attached hydrogens (tertiary/aromatic N) is 1. The van der Waals surface area contributed by atoms with Crippen LogP contribution in [-0.4, -0.2) is 23.2 Å². The summed E-state index contributed by atoms with van der Waals surface area (Å²) in [7, 11) is 1.53. The van der Waals surface area contributed by atoms with Crippen molar-refractivity contribution >= 4 is 80.8 Å². The van der Waals surface area contributed by atoms with Gasteiger partial charge in [-0.1, -0.05) is 65.4 Å². The lowest BCUT2D eigenvalue weighted by molar-refractivity contribution is -0.113. The van der Waals surface area contributed by atoms with Crippen LogP contribution in [0, 0.1) is 5.82 Å². The standard InChI is InChI=1S/C31H21Cl2FN2O4S2/c1-39-27-13-18(5-12-26(27)40-17-20-6-7-21(32)16-25(20)33)14-28-30(38)36(31(41)42-28)24-4-2-3-19(15-24)29(37)35-23-10-8-22(34)9-11-23/h2-16H,17H2,1H3,(H,35,37)/b28-14+. The van der Waals surface area contributed by atoms with E-state index in [1.165, 1.54) is 36.3 Å². The Morgan fingerprint density at radius 2 is 1.81 bits per heavy atom. The van der Waals surface area contributed by atoms with Crippen LogP contribution in [0.3, 0.4) is 0 Å². The normalized spacial score (nSPS) is 13.9. The Morgan fingerprint density at radius 1 is 1.02 bits per heavy atom. The predicted molar refractivity (Wildman–Crippen MR) is 170 cm³/mol. The molecule has 0 unspecified atom stereocenters. The van der Waals surface area contributed by atoms with Crippen LogP contribution >= 0.6 is 47.2 Å². The largest absolute Gasteiger partial charge is 0.493 e. The number of carbonyl (C=O) groups is 2. The van der Waals surface area contributed by atoms with Gasteiger partial charge in [-0.3, -0.25) is 14.5 Å². The molecule has 4 aromatic carbocycles. The molecule has 1 saturated heterocycles. The number of ether oxygens (including phenoxy) is 2. The maximum Gasteiger partial charge on any atom is 0.270 e. The number of anilines is 2. The average Bonchev–Trinajstić information content (AvgIpc) is 3.26. The first-order valence-electron chi connectivity index (χ1n) is 12.4. The molecule has 2 amide bonds. The Labute approximate surface area is 261 Å². The number of benzene rings is 4. The fraction of sp³-hybridized carbons (Fsp3) is 0.0645. The van der Waals surface area contributed by atoms with Crippen molar-refractivity contribution in [2.75, 3.05) is 17.3 Å². The molecule has 0 aromatic heterocycles. The Bertz CT molecular complexity index is 1730. The first kappa shape index (κ1) is 29.6. The minimum atomic E-state index is -0.405. The molecule has 1 N–H and O–H groups in total. The molecule has 1 heterocycles. The van der Waals surface area contributed by atoms with Crippen LogP contribution in [0.1, 0.15) is 21.5 Å². The first-order valence-corrected chi connectivity index (χ1v) is 14.4. The summed E-state index contributed by atoms with van der Waals surface area (Å²) in [6.45, 7) is 0.214. The van der Waals surface area contributed by atoms with Crippen LogP contribution in [0.15, 0.2) is 89.8 Å². The van der Waals surface area contributed by atoms with Crippen molar-refractivity contribution in [1.29, 1.82) is 0 Å². The second kappa shape index (κ2) is 13.0. The lowest BCUT2D eigenvalue weighted by Gasteiger charge is -2.15. The van der Waals surface area contributed by atoms with Gasteiger partial charge in [0, 0.05) is 26.9 Å². The van der Waals surface area contributed by atoms with E-state index in [4.69, 9.17) is 44.9 Å². The maximum absolute atomic E-state index is 13.4. The molecule has 0 atom stereocenters. The van der Waals surface area contributed by atoms with Gasteiger partial charge in [0.1, 0.15) is 12.4 Å². The average molecular weight is 640 g/mol. The van der Waals surface area contributed by atoms with Gasteiger partial charge in [0.15, 0.2) is 15.8 Å². The van der Waals surface area contributed by atoms with Crippen molar-refractivity contribution in [2.45, 2.75) is 6.61 Å². The van der Waals surface area contributed by atoms with Gasteiger partial charge in [-0.2, -0.15) is 0 Å². The quantitative estimate of drug-likeness (QED) is 0.154. The molecule has 1 aliphatic rings. The Hall–Kier alpha value is -3.89. The van der Waals surface area contributed by atoms with Gasteiger partial charge in [0.25, 0.3) is 11.8 Å². The summed E-state index contributed by atoms with van der Waals surface area (Å²) in [6.07, 6.45) is 1.72. The molecule has 1 fully saturated rings. The van der Waals surface area contributed by atoms with E-state index in [0.717, 1.165) is 17.3 Å². The molecule has 0 bridgehead atoms.